The normalized spacial score (nSPS) is 19.3. The molecule has 3 rings (SSSR count). The van der Waals surface area contributed by atoms with Gasteiger partial charge in [-0.1, -0.05) is 12.1 Å². The topological polar surface area (TPSA) is 92.6 Å². The van der Waals surface area contributed by atoms with Gasteiger partial charge in [0.15, 0.2) is 5.58 Å². The van der Waals surface area contributed by atoms with Gasteiger partial charge in [-0.2, -0.15) is 11.8 Å². The van der Waals surface area contributed by atoms with Gasteiger partial charge in [-0.15, -0.1) is 0 Å². The van der Waals surface area contributed by atoms with E-state index in [0.717, 1.165) is 49.3 Å². The molecule has 2 atom stereocenters. The van der Waals surface area contributed by atoms with Crippen LogP contribution >= 0.6 is 11.8 Å². The van der Waals surface area contributed by atoms with Crippen LogP contribution in [0, 0.1) is 11.7 Å². The maximum absolute atomic E-state index is 13.4. The van der Waals surface area contributed by atoms with Crippen LogP contribution in [0.15, 0.2) is 22.7 Å². The van der Waals surface area contributed by atoms with E-state index >= 15 is 0 Å². The first-order valence-electron chi connectivity index (χ1n) is 10.1. The fraction of sp³-hybridized carbons (Fsp3) is 0.619. The standard InChI is InChI=1S/C21H30FN3O3S/c1-14(12-21(23,20(26)27)7-10-29-2)13-25-8-5-15(6-9-25)19-17-4-3-16(22)11-18(17)28-24-19/h3-4,11,14-15H,5-10,12-13,23H2,1-2H3,(H,26,27)/t14-,21+/m0/s1. The molecule has 0 unspecified atom stereocenters. The number of rotatable bonds is 9. The second kappa shape index (κ2) is 9.45. The Morgan fingerprint density at radius 2 is 2.21 bits per heavy atom. The van der Waals surface area contributed by atoms with E-state index in [1.165, 1.54) is 12.1 Å². The molecule has 1 saturated heterocycles. The van der Waals surface area contributed by atoms with Crippen LogP contribution in [0.25, 0.3) is 11.0 Å². The van der Waals surface area contributed by atoms with Crippen molar-refractivity contribution in [1.82, 2.24) is 10.1 Å². The van der Waals surface area contributed by atoms with Crippen LogP contribution in [0.4, 0.5) is 4.39 Å². The number of halogens is 1. The van der Waals surface area contributed by atoms with Crippen LogP contribution in [0.2, 0.25) is 0 Å². The van der Waals surface area contributed by atoms with Gasteiger partial charge in [-0.05, 0) is 68.8 Å². The number of nitrogens with two attached hydrogens (primary N) is 1. The predicted molar refractivity (Wildman–Crippen MR) is 114 cm³/mol. The van der Waals surface area contributed by atoms with E-state index in [1.54, 1.807) is 17.8 Å². The SMILES string of the molecule is CSCC[C@@](N)(C[C@H](C)CN1CCC(c2noc3cc(F)ccc23)CC1)C(=O)O. The molecule has 1 aliphatic heterocycles. The van der Waals surface area contributed by atoms with Crippen molar-refractivity contribution < 1.29 is 18.8 Å². The smallest absolute Gasteiger partial charge is 0.323 e. The minimum Gasteiger partial charge on any atom is -0.480 e. The molecule has 1 aliphatic rings. The van der Waals surface area contributed by atoms with Crippen molar-refractivity contribution in [3.05, 3.63) is 29.7 Å². The molecule has 6 nitrogen and oxygen atoms in total. The Balaban J connectivity index is 1.54. The van der Waals surface area contributed by atoms with E-state index in [9.17, 15) is 14.3 Å². The molecule has 2 heterocycles. The van der Waals surface area contributed by atoms with E-state index in [4.69, 9.17) is 10.3 Å². The molecule has 2 aromatic rings. The lowest BCUT2D eigenvalue weighted by Crippen LogP contribution is -2.50. The maximum atomic E-state index is 13.4. The fourth-order valence-electron chi connectivity index (χ4n) is 4.32. The van der Waals surface area contributed by atoms with Crippen molar-refractivity contribution in [2.24, 2.45) is 11.7 Å². The van der Waals surface area contributed by atoms with E-state index in [0.29, 0.717) is 24.3 Å². The van der Waals surface area contributed by atoms with Crippen LogP contribution in [0.1, 0.15) is 44.2 Å². The number of hydrogen-bond acceptors (Lipinski definition) is 6. The van der Waals surface area contributed by atoms with Gasteiger partial charge in [-0.25, -0.2) is 4.39 Å². The first-order chi connectivity index (χ1) is 13.8. The second-order valence-electron chi connectivity index (χ2n) is 8.30. The Kier molecular flexibility index (Phi) is 7.19. The number of hydrogen-bond donors (Lipinski definition) is 2. The number of carboxylic acid groups (broad SMARTS) is 1. The molecule has 0 radical (unpaired) electrons. The molecule has 0 amide bonds. The molecule has 8 heteroatoms. The van der Waals surface area contributed by atoms with Gasteiger partial charge in [0.1, 0.15) is 11.4 Å². The minimum absolute atomic E-state index is 0.199. The summed E-state index contributed by atoms with van der Waals surface area (Å²) in [6, 6.07) is 4.56. The van der Waals surface area contributed by atoms with E-state index in [-0.39, 0.29) is 11.7 Å². The lowest BCUT2D eigenvalue weighted by molar-refractivity contribution is -0.144. The number of benzene rings is 1. The zero-order valence-electron chi connectivity index (χ0n) is 17.1. The van der Waals surface area contributed by atoms with Gasteiger partial charge in [0.05, 0.1) is 5.69 Å². The average Bonchev–Trinajstić information content (AvgIpc) is 3.09. The molecule has 0 saturated carbocycles. The molecule has 0 spiro atoms. The molecular weight excluding hydrogens is 393 g/mol. The number of nitrogens with zero attached hydrogens (tertiary/aromatic N) is 2. The number of likely N-dealkylation sites (tertiary alicyclic amines) is 1. The zero-order chi connectivity index (χ0) is 21.0. The molecule has 0 aliphatic carbocycles. The molecule has 3 N–H and O–H groups in total. The minimum atomic E-state index is -1.16. The Labute approximate surface area is 175 Å². The van der Waals surface area contributed by atoms with E-state index in [1.807, 2.05) is 6.26 Å². The van der Waals surface area contributed by atoms with Crippen LogP contribution < -0.4 is 5.73 Å². The van der Waals surface area contributed by atoms with Crippen LogP contribution in [0.5, 0.6) is 0 Å². The van der Waals surface area contributed by atoms with Crippen LogP contribution in [-0.4, -0.2) is 58.3 Å². The summed E-state index contributed by atoms with van der Waals surface area (Å²) >= 11 is 1.62. The average molecular weight is 424 g/mol. The van der Waals surface area contributed by atoms with Gasteiger partial charge >= 0.3 is 5.97 Å². The molecule has 1 aromatic heterocycles. The monoisotopic (exact) mass is 423 g/mol. The van der Waals surface area contributed by atoms with Gasteiger partial charge in [0.25, 0.3) is 0 Å². The lowest BCUT2D eigenvalue weighted by atomic mass is 9.85. The summed E-state index contributed by atoms with van der Waals surface area (Å²) in [5, 5.41) is 14.7. The molecule has 0 bridgehead atoms. The van der Waals surface area contributed by atoms with Crippen LogP contribution in [0.3, 0.4) is 0 Å². The molecule has 1 fully saturated rings. The predicted octanol–water partition coefficient (Wildman–Crippen LogP) is 3.71. The summed E-state index contributed by atoms with van der Waals surface area (Å²) in [5.41, 5.74) is 6.46. The summed E-state index contributed by atoms with van der Waals surface area (Å²) in [5.74, 6) is 0.00868. The van der Waals surface area contributed by atoms with Gasteiger partial charge < -0.3 is 20.3 Å². The second-order valence-corrected chi connectivity index (χ2v) is 9.28. The van der Waals surface area contributed by atoms with Gasteiger partial charge in [0, 0.05) is 23.9 Å². The van der Waals surface area contributed by atoms with Crippen molar-refractivity contribution >= 4 is 28.7 Å². The number of carboxylic acids is 1. The highest BCUT2D eigenvalue weighted by molar-refractivity contribution is 7.98. The fourth-order valence-corrected chi connectivity index (χ4v) is 4.89. The molecule has 29 heavy (non-hydrogen) atoms. The first-order valence-corrected chi connectivity index (χ1v) is 11.5. The largest absolute Gasteiger partial charge is 0.480 e. The number of aliphatic carboxylic acids is 1. The number of fused-ring (bicyclic) bond motifs is 1. The highest BCUT2D eigenvalue weighted by atomic mass is 32.2. The number of carbonyl (C=O) groups is 1. The van der Waals surface area contributed by atoms with Crippen LogP contribution in [-0.2, 0) is 4.79 Å². The third kappa shape index (κ3) is 5.29. The Morgan fingerprint density at radius 3 is 2.86 bits per heavy atom. The quantitative estimate of drug-likeness (QED) is 0.635. The Hall–Kier alpha value is -1.64. The van der Waals surface area contributed by atoms with Crippen molar-refractivity contribution in [1.29, 1.82) is 0 Å². The number of piperidine rings is 1. The zero-order valence-corrected chi connectivity index (χ0v) is 17.9. The van der Waals surface area contributed by atoms with E-state index < -0.39 is 11.5 Å². The maximum Gasteiger partial charge on any atom is 0.323 e. The highest BCUT2D eigenvalue weighted by Crippen LogP contribution is 2.33. The summed E-state index contributed by atoms with van der Waals surface area (Å²) in [6.45, 7) is 4.75. The molecule has 160 valence electrons. The van der Waals surface area contributed by atoms with E-state index in [2.05, 4.69) is 17.0 Å². The Morgan fingerprint density at radius 1 is 1.48 bits per heavy atom. The lowest BCUT2D eigenvalue weighted by Gasteiger charge is -2.35. The summed E-state index contributed by atoms with van der Waals surface area (Å²) in [6.07, 6.45) is 4.82. The van der Waals surface area contributed by atoms with Gasteiger partial charge in [0.2, 0.25) is 0 Å². The highest BCUT2D eigenvalue weighted by Gasteiger charge is 2.35. The summed E-state index contributed by atoms with van der Waals surface area (Å²) in [4.78, 5) is 14.0. The third-order valence-corrected chi connectivity index (χ3v) is 6.51. The number of thioether (sulfide) groups is 1. The van der Waals surface area contributed by atoms with Crippen molar-refractivity contribution in [2.45, 2.75) is 44.1 Å². The summed E-state index contributed by atoms with van der Waals surface area (Å²) < 4.78 is 18.7. The van der Waals surface area contributed by atoms with Gasteiger partial charge in [-0.3, -0.25) is 4.79 Å². The first kappa shape index (κ1) is 22.1. The Bertz CT molecular complexity index is 838. The third-order valence-electron chi connectivity index (χ3n) is 5.90. The van der Waals surface area contributed by atoms with Crippen molar-refractivity contribution in [3.8, 4) is 0 Å². The molecule has 1 aromatic carbocycles. The molecular formula is C21H30FN3O3S. The van der Waals surface area contributed by atoms with Crippen molar-refractivity contribution in [2.75, 3.05) is 31.6 Å². The van der Waals surface area contributed by atoms with Crippen molar-refractivity contribution in [3.63, 3.8) is 0 Å². The summed E-state index contributed by atoms with van der Waals surface area (Å²) in [7, 11) is 0. The number of aromatic nitrogens is 1.